The molecule has 3 aliphatic heterocycles. The van der Waals surface area contributed by atoms with E-state index in [1.54, 1.807) is 0 Å². The van der Waals surface area contributed by atoms with E-state index in [-0.39, 0.29) is 32.4 Å². The highest BCUT2D eigenvalue weighted by Gasteiger charge is 2.38. The van der Waals surface area contributed by atoms with Crippen LogP contribution in [0.25, 0.3) is 0 Å². The predicted octanol–water partition coefficient (Wildman–Crippen LogP) is 3.17. The van der Waals surface area contributed by atoms with Gasteiger partial charge in [0.15, 0.2) is 29.3 Å². The van der Waals surface area contributed by atoms with E-state index in [2.05, 4.69) is 24.1 Å². The molecule has 0 N–H and O–H groups in total. The average molecular weight is 394 g/mol. The van der Waals surface area contributed by atoms with Gasteiger partial charge in [0.2, 0.25) is 13.6 Å². The Hall–Kier alpha value is -2.88. The average Bonchev–Trinajstić information content (AvgIpc) is 3.47. The fraction of sp³-hybridized carbons (Fsp3) is 0.391. The van der Waals surface area contributed by atoms with Gasteiger partial charge in [-0.05, 0) is 54.2 Å². The first-order chi connectivity index (χ1) is 14.3. The molecule has 29 heavy (non-hydrogen) atoms. The van der Waals surface area contributed by atoms with Crippen molar-refractivity contribution in [2.24, 2.45) is 11.8 Å². The van der Waals surface area contributed by atoms with E-state index in [0.29, 0.717) is 12.5 Å². The molecule has 3 aliphatic rings. The molecule has 0 spiro atoms. The normalized spacial score (nSPS) is 23.9. The Bertz CT molecular complexity index is 933. The van der Waals surface area contributed by atoms with Gasteiger partial charge in [-0.2, -0.15) is 0 Å². The fourth-order valence-corrected chi connectivity index (χ4v) is 4.17. The second kappa shape index (κ2) is 7.86. The van der Waals surface area contributed by atoms with Gasteiger partial charge in [0.25, 0.3) is 0 Å². The molecule has 1 fully saturated rings. The van der Waals surface area contributed by atoms with Crippen LogP contribution in [0.5, 0.6) is 23.0 Å². The Morgan fingerprint density at radius 1 is 0.862 bits per heavy atom. The summed E-state index contributed by atoms with van der Waals surface area (Å²) in [6.07, 6.45) is 6.74. The van der Waals surface area contributed by atoms with Crippen molar-refractivity contribution >= 4 is 0 Å². The summed E-state index contributed by atoms with van der Waals surface area (Å²) in [6, 6.07) is 12.2. The highest BCUT2D eigenvalue weighted by atomic mass is 16.7. The molecule has 0 aliphatic carbocycles. The van der Waals surface area contributed by atoms with Crippen molar-refractivity contribution in [1.29, 1.82) is 0 Å². The molecule has 2 aromatic rings. The van der Waals surface area contributed by atoms with Crippen LogP contribution in [0, 0.1) is 24.2 Å². The maximum Gasteiger partial charge on any atom is 0.231 e. The lowest BCUT2D eigenvalue weighted by molar-refractivity contribution is -0.121. The Kier molecular flexibility index (Phi) is 4.92. The van der Waals surface area contributed by atoms with E-state index in [9.17, 15) is 0 Å². The molecular formula is C23H22O6. The molecule has 6 nitrogen and oxygen atoms in total. The zero-order chi connectivity index (χ0) is 19.6. The monoisotopic (exact) mass is 394 g/mol. The molecule has 0 amide bonds. The summed E-state index contributed by atoms with van der Waals surface area (Å²) >= 11 is 0. The van der Waals surface area contributed by atoms with E-state index >= 15 is 0 Å². The second-order valence-electron chi connectivity index (χ2n) is 7.42. The number of hydrogen-bond donors (Lipinski definition) is 0. The minimum atomic E-state index is -0.324. The fourth-order valence-electron chi connectivity index (χ4n) is 4.17. The van der Waals surface area contributed by atoms with Crippen molar-refractivity contribution in [2.45, 2.75) is 19.1 Å². The lowest BCUT2D eigenvalue weighted by Gasteiger charge is -2.23. The van der Waals surface area contributed by atoms with Gasteiger partial charge in [-0.15, -0.1) is 6.42 Å². The Labute approximate surface area is 169 Å². The van der Waals surface area contributed by atoms with Gasteiger partial charge in [0, 0.05) is 5.92 Å². The smallest absolute Gasteiger partial charge is 0.231 e. The number of benzene rings is 2. The topological polar surface area (TPSA) is 55.4 Å². The molecule has 0 bridgehead atoms. The number of hydrogen-bond acceptors (Lipinski definition) is 6. The molecule has 5 rings (SSSR count). The first kappa shape index (κ1) is 18.2. The molecule has 2 aromatic carbocycles. The lowest BCUT2D eigenvalue weighted by Crippen LogP contribution is -2.27. The number of rotatable bonds is 6. The summed E-state index contributed by atoms with van der Waals surface area (Å²) in [6.45, 7) is 1.41. The number of terminal acetylenes is 1. The second-order valence-corrected chi connectivity index (χ2v) is 7.42. The standard InChI is InChI=1S/C23H22O6/c1-2-7-24-23-18(9-16-4-6-20-22(11-16)29-14-27-20)17(12-25-23)8-15-3-5-19-21(10-15)28-13-26-19/h1,3-6,10-11,17-18,23H,7-9,12-14H2. The Balaban J connectivity index is 1.34. The molecule has 150 valence electrons. The van der Waals surface area contributed by atoms with Crippen LogP contribution in [0.2, 0.25) is 0 Å². The van der Waals surface area contributed by atoms with Crippen LogP contribution in [0.1, 0.15) is 11.1 Å². The van der Waals surface area contributed by atoms with Crippen LogP contribution in [0.3, 0.4) is 0 Å². The number of ether oxygens (including phenoxy) is 6. The molecule has 0 radical (unpaired) electrons. The van der Waals surface area contributed by atoms with Crippen molar-refractivity contribution in [1.82, 2.24) is 0 Å². The molecule has 0 aromatic heterocycles. The van der Waals surface area contributed by atoms with Crippen LogP contribution in [-0.2, 0) is 22.3 Å². The van der Waals surface area contributed by atoms with E-state index < -0.39 is 0 Å². The summed E-state index contributed by atoms with van der Waals surface area (Å²) < 4.78 is 33.7. The third kappa shape index (κ3) is 3.71. The Morgan fingerprint density at radius 3 is 2.14 bits per heavy atom. The molecule has 1 saturated heterocycles. The van der Waals surface area contributed by atoms with Crippen molar-refractivity contribution in [2.75, 3.05) is 26.8 Å². The van der Waals surface area contributed by atoms with Gasteiger partial charge >= 0.3 is 0 Å². The minimum Gasteiger partial charge on any atom is -0.454 e. The quantitative estimate of drug-likeness (QED) is 0.702. The molecule has 3 unspecified atom stereocenters. The SMILES string of the molecule is C#CCOC1OCC(Cc2ccc3c(c2)OCO3)C1Cc1ccc2c(c1)OCO2. The maximum atomic E-state index is 5.98. The summed E-state index contributed by atoms with van der Waals surface area (Å²) in [4.78, 5) is 0. The van der Waals surface area contributed by atoms with Gasteiger partial charge < -0.3 is 28.4 Å². The maximum absolute atomic E-state index is 5.98. The first-order valence-electron chi connectivity index (χ1n) is 9.74. The zero-order valence-electron chi connectivity index (χ0n) is 16.0. The van der Waals surface area contributed by atoms with Gasteiger partial charge in [0.1, 0.15) is 6.61 Å². The summed E-state index contributed by atoms with van der Waals surface area (Å²) in [7, 11) is 0. The van der Waals surface area contributed by atoms with Crippen molar-refractivity contribution in [3.8, 4) is 35.3 Å². The summed E-state index contributed by atoms with van der Waals surface area (Å²) in [5.41, 5.74) is 2.35. The molecule has 0 saturated carbocycles. The van der Waals surface area contributed by atoms with Gasteiger partial charge in [0.05, 0.1) is 6.61 Å². The predicted molar refractivity (Wildman–Crippen MR) is 104 cm³/mol. The van der Waals surface area contributed by atoms with Crippen LogP contribution in [0.4, 0.5) is 0 Å². The van der Waals surface area contributed by atoms with Crippen LogP contribution >= 0.6 is 0 Å². The third-order valence-electron chi connectivity index (χ3n) is 5.60. The molecule has 3 heterocycles. The van der Waals surface area contributed by atoms with E-state index in [4.69, 9.17) is 34.8 Å². The molecule has 6 heteroatoms. The first-order valence-corrected chi connectivity index (χ1v) is 9.74. The van der Waals surface area contributed by atoms with Crippen molar-refractivity contribution < 1.29 is 28.4 Å². The highest BCUT2D eigenvalue weighted by Crippen LogP contribution is 2.39. The van der Waals surface area contributed by atoms with Crippen LogP contribution in [0.15, 0.2) is 36.4 Å². The van der Waals surface area contributed by atoms with Gasteiger partial charge in [-0.25, -0.2) is 0 Å². The Morgan fingerprint density at radius 2 is 1.48 bits per heavy atom. The minimum absolute atomic E-state index is 0.175. The lowest BCUT2D eigenvalue weighted by atomic mass is 9.84. The largest absolute Gasteiger partial charge is 0.454 e. The highest BCUT2D eigenvalue weighted by molar-refractivity contribution is 5.45. The van der Waals surface area contributed by atoms with Crippen molar-refractivity contribution in [3.63, 3.8) is 0 Å². The van der Waals surface area contributed by atoms with Crippen molar-refractivity contribution in [3.05, 3.63) is 47.5 Å². The molecule has 3 atom stereocenters. The van der Waals surface area contributed by atoms with Crippen LogP contribution in [-0.4, -0.2) is 33.1 Å². The summed E-state index contributed by atoms with van der Waals surface area (Å²) in [5, 5.41) is 0. The van der Waals surface area contributed by atoms with Crippen LogP contribution < -0.4 is 18.9 Å². The van der Waals surface area contributed by atoms with Gasteiger partial charge in [-0.3, -0.25) is 0 Å². The molecular weight excluding hydrogens is 372 g/mol. The summed E-state index contributed by atoms with van der Waals surface area (Å²) in [5.74, 6) is 6.17. The van der Waals surface area contributed by atoms with E-state index in [1.807, 2.05) is 18.2 Å². The van der Waals surface area contributed by atoms with E-state index in [0.717, 1.165) is 41.4 Å². The van der Waals surface area contributed by atoms with Gasteiger partial charge in [-0.1, -0.05) is 18.1 Å². The third-order valence-corrected chi connectivity index (χ3v) is 5.60. The van der Waals surface area contributed by atoms with E-state index in [1.165, 1.54) is 5.56 Å². The number of fused-ring (bicyclic) bond motifs is 2. The zero-order valence-corrected chi connectivity index (χ0v) is 16.0.